The van der Waals surface area contributed by atoms with Crippen molar-refractivity contribution in [2.24, 2.45) is 0 Å². The predicted octanol–water partition coefficient (Wildman–Crippen LogP) is 1.67. The lowest BCUT2D eigenvalue weighted by Crippen LogP contribution is -2.50. The van der Waals surface area contributed by atoms with E-state index >= 15 is 0 Å². The van der Waals surface area contributed by atoms with E-state index in [-0.39, 0.29) is 18.0 Å². The minimum absolute atomic E-state index is 0.00675. The van der Waals surface area contributed by atoms with Crippen molar-refractivity contribution in [3.8, 4) is 0 Å². The van der Waals surface area contributed by atoms with Gasteiger partial charge >= 0.3 is 5.97 Å². The van der Waals surface area contributed by atoms with Crippen LogP contribution in [0.25, 0.3) is 0 Å². The molecule has 1 unspecified atom stereocenters. The molecule has 0 spiro atoms. The lowest BCUT2D eigenvalue weighted by atomic mass is 10.0. The quantitative estimate of drug-likeness (QED) is 0.591. The Balaban J connectivity index is 2.09. The molecule has 3 aliphatic rings. The molecule has 9 heteroatoms. The number of halogens is 2. The first-order valence-corrected chi connectivity index (χ1v) is 8.67. The number of alkyl halides is 2. The van der Waals surface area contributed by atoms with E-state index in [4.69, 9.17) is 8.92 Å². The van der Waals surface area contributed by atoms with Crippen LogP contribution in [-0.2, 0) is 30.4 Å². The number of ether oxygens (including phenoxy) is 1. The fourth-order valence-electron chi connectivity index (χ4n) is 2.69. The average molecular weight is 359 g/mol. The number of esters is 1. The molecule has 3 heterocycles. The van der Waals surface area contributed by atoms with Gasteiger partial charge in [0.15, 0.2) is 6.23 Å². The van der Waals surface area contributed by atoms with Gasteiger partial charge in [0.2, 0.25) is 0 Å². The molecule has 2 bridgehead atoms. The Morgan fingerprint density at radius 3 is 2.67 bits per heavy atom. The van der Waals surface area contributed by atoms with Crippen molar-refractivity contribution >= 4 is 16.1 Å². The predicted molar refractivity (Wildman–Crippen MR) is 78.6 cm³/mol. The molecule has 0 saturated heterocycles. The Morgan fingerprint density at radius 1 is 1.38 bits per heavy atom. The molecule has 130 valence electrons. The van der Waals surface area contributed by atoms with Crippen LogP contribution in [-0.4, -0.2) is 44.6 Å². The SMILES string of the molecule is CCOC(=O)C1=CC(F)(F)CN2Cc3ccc(cc3)S(=O)(=O)OC12. The van der Waals surface area contributed by atoms with Gasteiger partial charge in [-0.1, -0.05) is 12.1 Å². The number of nitrogens with zero attached hydrogens (tertiary/aromatic N) is 1. The molecule has 0 amide bonds. The van der Waals surface area contributed by atoms with Crippen LogP contribution in [0.1, 0.15) is 12.5 Å². The molecule has 1 atom stereocenters. The van der Waals surface area contributed by atoms with E-state index in [1.54, 1.807) is 0 Å². The highest BCUT2D eigenvalue weighted by molar-refractivity contribution is 7.86. The first-order valence-electron chi connectivity index (χ1n) is 7.26. The Bertz CT molecular complexity index is 789. The van der Waals surface area contributed by atoms with Crippen molar-refractivity contribution in [1.29, 1.82) is 0 Å². The molecule has 0 saturated carbocycles. The first kappa shape index (κ1) is 17.0. The first-order chi connectivity index (χ1) is 11.2. The summed E-state index contributed by atoms with van der Waals surface area (Å²) in [6.07, 6.45) is -1.03. The zero-order chi connectivity index (χ0) is 17.5. The van der Waals surface area contributed by atoms with Crippen LogP contribution < -0.4 is 0 Å². The van der Waals surface area contributed by atoms with Gasteiger partial charge in [-0.15, -0.1) is 0 Å². The van der Waals surface area contributed by atoms with Crippen LogP contribution in [0.3, 0.4) is 0 Å². The molecule has 1 aromatic rings. The van der Waals surface area contributed by atoms with Gasteiger partial charge in [-0.05, 0) is 24.6 Å². The summed E-state index contributed by atoms with van der Waals surface area (Å²) < 4.78 is 62.6. The summed E-state index contributed by atoms with van der Waals surface area (Å²) in [6.45, 7) is 0.736. The van der Waals surface area contributed by atoms with Gasteiger partial charge in [0.1, 0.15) is 0 Å². The maximum Gasteiger partial charge on any atom is 0.338 e. The molecular weight excluding hydrogens is 344 g/mol. The fourth-order valence-corrected chi connectivity index (χ4v) is 3.74. The van der Waals surface area contributed by atoms with E-state index in [0.29, 0.717) is 11.6 Å². The molecule has 24 heavy (non-hydrogen) atoms. The van der Waals surface area contributed by atoms with Crippen molar-refractivity contribution in [3.05, 3.63) is 41.5 Å². The summed E-state index contributed by atoms with van der Waals surface area (Å²) in [6, 6.07) is 5.74. The van der Waals surface area contributed by atoms with Crippen molar-refractivity contribution < 1.29 is 30.9 Å². The minimum atomic E-state index is -4.21. The van der Waals surface area contributed by atoms with Crippen molar-refractivity contribution in [2.75, 3.05) is 13.2 Å². The van der Waals surface area contributed by atoms with Crippen LogP contribution in [0, 0.1) is 0 Å². The number of carbonyl (C=O) groups is 1. The largest absolute Gasteiger partial charge is 0.463 e. The topological polar surface area (TPSA) is 72.9 Å². The standard InChI is InChI=1S/C15H15F2NO5S/c1-2-22-14(19)12-7-15(16,17)9-18-8-10-3-5-11(6-4-10)24(20,21)23-13(12)18/h3-7,13H,2,8-9H2,1H3. The highest BCUT2D eigenvalue weighted by Crippen LogP contribution is 2.34. The number of hydrogen-bond acceptors (Lipinski definition) is 6. The van der Waals surface area contributed by atoms with E-state index < -0.39 is 40.4 Å². The summed E-state index contributed by atoms with van der Waals surface area (Å²) in [5.41, 5.74) is 0.115. The Morgan fingerprint density at radius 2 is 2.04 bits per heavy atom. The van der Waals surface area contributed by atoms with E-state index in [2.05, 4.69) is 0 Å². The van der Waals surface area contributed by atoms with E-state index in [1.165, 1.54) is 31.2 Å². The molecule has 0 N–H and O–H groups in total. The lowest BCUT2D eigenvalue weighted by molar-refractivity contribution is -0.143. The number of fused-ring (bicyclic) bond motifs is 3. The highest BCUT2D eigenvalue weighted by atomic mass is 32.2. The summed E-state index contributed by atoms with van der Waals surface area (Å²) in [7, 11) is -4.21. The minimum Gasteiger partial charge on any atom is -0.463 e. The van der Waals surface area contributed by atoms with Crippen LogP contribution in [0.5, 0.6) is 0 Å². The molecular formula is C15H15F2NO5S. The molecule has 0 radical (unpaired) electrons. The Kier molecular flexibility index (Phi) is 4.18. The second-order valence-electron chi connectivity index (χ2n) is 5.53. The van der Waals surface area contributed by atoms with Gasteiger partial charge in [-0.2, -0.15) is 8.42 Å². The van der Waals surface area contributed by atoms with Crippen molar-refractivity contribution in [3.63, 3.8) is 0 Å². The maximum absolute atomic E-state index is 14.0. The van der Waals surface area contributed by atoms with E-state index in [0.717, 1.165) is 4.90 Å². The molecule has 3 aliphatic heterocycles. The zero-order valence-electron chi connectivity index (χ0n) is 12.7. The van der Waals surface area contributed by atoms with Gasteiger partial charge < -0.3 is 4.74 Å². The Labute approximate surface area is 137 Å². The number of hydrogen-bond donors (Lipinski definition) is 0. The molecule has 0 fully saturated rings. The number of benzene rings is 1. The van der Waals surface area contributed by atoms with Crippen LogP contribution in [0.2, 0.25) is 0 Å². The second kappa shape index (κ2) is 5.91. The molecule has 6 nitrogen and oxygen atoms in total. The summed E-state index contributed by atoms with van der Waals surface area (Å²) >= 11 is 0. The van der Waals surface area contributed by atoms with Gasteiger partial charge in [-0.25, -0.2) is 17.8 Å². The van der Waals surface area contributed by atoms with Gasteiger partial charge in [-0.3, -0.25) is 4.90 Å². The summed E-state index contributed by atoms with van der Waals surface area (Å²) in [5, 5.41) is 0. The zero-order valence-corrected chi connectivity index (χ0v) is 13.6. The van der Waals surface area contributed by atoms with Crippen molar-refractivity contribution in [1.82, 2.24) is 4.90 Å². The highest BCUT2D eigenvalue weighted by Gasteiger charge is 2.45. The van der Waals surface area contributed by atoms with Crippen molar-refractivity contribution in [2.45, 2.75) is 30.5 Å². The number of carbonyl (C=O) groups excluding carboxylic acids is 1. The number of rotatable bonds is 2. The summed E-state index contributed by atoms with van der Waals surface area (Å²) in [5.74, 6) is -4.33. The van der Waals surface area contributed by atoms with Crippen LogP contribution in [0.15, 0.2) is 40.8 Å². The Hall–Kier alpha value is -1.84. The average Bonchev–Trinajstić information content (AvgIpc) is 2.57. The maximum atomic E-state index is 14.0. The third-order valence-corrected chi connectivity index (χ3v) is 4.99. The van der Waals surface area contributed by atoms with Crippen LogP contribution >= 0.6 is 0 Å². The van der Waals surface area contributed by atoms with Crippen LogP contribution in [0.4, 0.5) is 8.78 Å². The lowest BCUT2D eigenvalue weighted by Gasteiger charge is -2.36. The monoisotopic (exact) mass is 359 g/mol. The van der Waals surface area contributed by atoms with Gasteiger partial charge in [0, 0.05) is 12.6 Å². The third kappa shape index (κ3) is 3.19. The normalized spacial score (nSPS) is 25.0. The van der Waals surface area contributed by atoms with E-state index in [1.807, 2.05) is 0 Å². The fraction of sp³-hybridized carbons (Fsp3) is 0.400. The summed E-state index contributed by atoms with van der Waals surface area (Å²) in [4.78, 5) is 13.1. The molecule has 0 aromatic heterocycles. The molecule has 0 aliphatic carbocycles. The van der Waals surface area contributed by atoms with E-state index in [9.17, 15) is 22.0 Å². The van der Waals surface area contributed by atoms with Gasteiger partial charge in [0.25, 0.3) is 16.0 Å². The second-order valence-corrected chi connectivity index (χ2v) is 7.10. The smallest absolute Gasteiger partial charge is 0.338 e. The molecule has 1 aromatic carbocycles. The molecule has 4 rings (SSSR count). The van der Waals surface area contributed by atoms with Gasteiger partial charge in [0.05, 0.1) is 23.6 Å². The third-order valence-electron chi connectivity index (χ3n) is 3.70.